The minimum atomic E-state index is -0.206. The normalized spacial score (nSPS) is 10.0. The van der Waals surface area contributed by atoms with Crippen LogP contribution in [-0.4, -0.2) is 26.2 Å². The van der Waals surface area contributed by atoms with Crippen molar-refractivity contribution in [1.82, 2.24) is 5.32 Å². The first-order valence-corrected chi connectivity index (χ1v) is 7.47. The molecule has 1 N–H and O–H groups in total. The van der Waals surface area contributed by atoms with E-state index < -0.39 is 0 Å². The van der Waals surface area contributed by atoms with E-state index in [-0.39, 0.29) is 12.5 Å². The van der Waals surface area contributed by atoms with Gasteiger partial charge in [0.2, 0.25) is 0 Å². The second-order valence-electron chi connectivity index (χ2n) is 4.76. The lowest BCUT2D eigenvalue weighted by Crippen LogP contribution is -2.28. The number of methoxy groups -OCH3 is 1. The average Bonchev–Trinajstić information content (AvgIpc) is 2.59. The largest absolute Gasteiger partial charge is 0.496 e. The summed E-state index contributed by atoms with van der Waals surface area (Å²) in [5.74, 6) is 1.73. The fraction of sp³-hybridized carbons (Fsp3) is 0.278. The van der Waals surface area contributed by atoms with Crippen LogP contribution in [0.2, 0.25) is 0 Å². The molecule has 5 nitrogen and oxygen atoms in total. The Labute approximate surface area is 136 Å². The third-order valence-electron chi connectivity index (χ3n) is 3.18. The zero-order valence-corrected chi connectivity index (χ0v) is 13.4. The Morgan fingerprint density at radius 3 is 2.22 bits per heavy atom. The van der Waals surface area contributed by atoms with Crippen molar-refractivity contribution in [2.45, 2.75) is 13.5 Å². The molecular weight excluding hydrogens is 294 g/mol. The van der Waals surface area contributed by atoms with Gasteiger partial charge in [0.1, 0.15) is 5.75 Å². The minimum Gasteiger partial charge on any atom is -0.496 e. The van der Waals surface area contributed by atoms with E-state index in [0.717, 1.165) is 11.3 Å². The quantitative estimate of drug-likeness (QED) is 0.814. The van der Waals surface area contributed by atoms with Crippen LogP contribution in [0, 0.1) is 0 Å². The summed E-state index contributed by atoms with van der Waals surface area (Å²) in [5.41, 5.74) is 0.915. The Morgan fingerprint density at radius 1 is 0.957 bits per heavy atom. The second-order valence-corrected chi connectivity index (χ2v) is 4.76. The number of benzene rings is 2. The molecule has 0 radical (unpaired) electrons. The molecule has 0 aliphatic carbocycles. The number of hydrogen-bond donors (Lipinski definition) is 1. The number of carbonyl (C=O) groups is 1. The van der Waals surface area contributed by atoms with E-state index in [9.17, 15) is 4.79 Å². The lowest BCUT2D eigenvalue weighted by atomic mass is 10.2. The van der Waals surface area contributed by atoms with Crippen LogP contribution in [0.15, 0.2) is 48.5 Å². The SMILES string of the molecule is CCOc1ccccc1OCC(=O)NCc1ccccc1OC. The van der Waals surface area contributed by atoms with E-state index in [1.165, 1.54) is 0 Å². The standard InChI is InChI=1S/C18H21NO4/c1-3-22-16-10-6-7-11-17(16)23-13-18(20)19-12-14-8-4-5-9-15(14)21-2/h4-11H,3,12-13H2,1-2H3,(H,19,20). The first-order valence-electron chi connectivity index (χ1n) is 7.47. The highest BCUT2D eigenvalue weighted by molar-refractivity contribution is 5.77. The Balaban J connectivity index is 1.86. The van der Waals surface area contributed by atoms with Gasteiger partial charge in [-0.15, -0.1) is 0 Å². The van der Waals surface area contributed by atoms with Crippen molar-refractivity contribution in [3.8, 4) is 17.2 Å². The molecule has 2 aromatic carbocycles. The van der Waals surface area contributed by atoms with Crippen molar-refractivity contribution in [2.24, 2.45) is 0 Å². The Bertz CT molecular complexity index is 642. The lowest BCUT2D eigenvalue weighted by molar-refractivity contribution is -0.123. The number of amides is 1. The third-order valence-corrected chi connectivity index (χ3v) is 3.18. The maximum atomic E-state index is 11.9. The van der Waals surface area contributed by atoms with Gasteiger partial charge in [-0.05, 0) is 25.1 Å². The molecule has 122 valence electrons. The van der Waals surface area contributed by atoms with Crippen molar-refractivity contribution in [3.05, 3.63) is 54.1 Å². The van der Waals surface area contributed by atoms with E-state index in [2.05, 4.69) is 5.32 Å². The lowest BCUT2D eigenvalue weighted by Gasteiger charge is -2.12. The number of rotatable bonds is 8. The predicted molar refractivity (Wildman–Crippen MR) is 87.9 cm³/mol. The molecule has 1 amide bonds. The average molecular weight is 315 g/mol. The van der Waals surface area contributed by atoms with Crippen molar-refractivity contribution in [2.75, 3.05) is 20.3 Å². The zero-order valence-electron chi connectivity index (χ0n) is 13.4. The molecule has 23 heavy (non-hydrogen) atoms. The number of ether oxygens (including phenoxy) is 3. The van der Waals surface area contributed by atoms with Gasteiger partial charge in [-0.3, -0.25) is 4.79 Å². The molecule has 2 rings (SSSR count). The van der Waals surface area contributed by atoms with Crippen LogP contribution in [-0.2, 0) is 11.3 Å². The molecule has 0 unspecified atom stereocenters. The molecule has 0 saturated heterocycles. The van der Waals surface area contributed by atoms with Crippen molar-refractivity contribution in [1.29, 1.82) is 0 Å². The van der Waals surface area contributed by atoms with Crippen molar-refractivity contribution >= 4 is 5.91 Å². The summed E-state index contributed by atoms with van der Waals surface area (Å²) < 4.78 is 16.2. The van der Waals surface area contributed by atoms with E-state index in [1.807, 2.05) is 49.4 Å². The smallest absolute Gasteiger partial charge is 0.258 e. The van der Waals surface area contributed by atoms with Gasteiger partial charge in [0, 0.05) is 12.1 Å². The van der Waals surface area contributed by atoms with Gasteiger partial charge in [-0.25, -0.2) is 0 Å². The fourth-order valence-corrected chi connectivity index (χ4v) is 2.08. The van der Waals surface area contributed by atoms with Gasteiger partial charge >= 0.3 is 0 Å². The predicted octanol–water partition coefficient (Wildman–Crippen LogP) is 2.79. The molecule has 0 aliphatic heterocycles. The first-order chi connectivity index (χ1) is 11.2. The molecule has 5 heteroatoms. The van der Waals surface area contributed by atoms with Crippen LogP contribution in [0.1, 0.15) is 12.5 Å². The van der Waals surface area contributed by atoms with Crippen LogP contribution < -0.4 is 19.5 Å². The summed E-state index contributed by atoms with van der Waals surface area (Å²) in [6.45, 7) is 2.76. The van der Waals surface area contributed by atoms with E-state index in [4.69, 9.17) is 14.2 Å². The highest BCUT2D eigenvalue weighted by Gasteiger charge is 2.08. The molecule has 0 heterocycles. The summed E-state index contributed by atoms with van der Waals surface area (Å²) in [6, 6.07) is 14.8. The fourth-order valence-electron chi connectivity index (χ4n) is 2.08. The Hall–Kier alpha value is -2.69. The Kier molecular flexibility index (Phi) is 6.29. The van der Waals surface area contributed by atoms with Crippen LogP contribution in [0.5, 0.6) is 17.2 Å². The monoisotopic (exact) mass is 315 g/mol. The molecule has 2 aromatic rings. The second kappa shape index (κ2) is 8.68. The van der Waals surface area contributed by atoms with Gasteiger partial charge in [0.25, 0.3) is 5.91 Å². The minimum absolute atomic E-state index is 0.0702. The van der Waals surface area contributed by atoms with E-state index in [0.29, 0.717) is 24.7 Å². The molecule has 0 fully saturated rings. The number of para-hydroxylation sites is 3. The van der Waals surface area contributed by atoms with Crippen LogP contribution in [0.25, 0.3) is 0 Å². The molecule has 0 saturated carbocycles. The summed E-state index contributed by atoms with van der Waals surface area (Å²) in [4.78, 5) is 11.9. The van der Waals surface area contributed by atoms with Gasteiger partial charge in [0.05, 0.1) is 13.7 Å². The topological polar surface area (TPSA) is 56.8 Å². The van der Waals surface area contributed by atoms with Gasteiger partial charge < -0.3 is 19.5 Å². The van der Waals surface area contributed by atoms with Crippen molar-refractivity contribution < 1.29 is 19.0 Å². The molecule has 0 bridgehead atoms. The van der Waals surface area contributed by atoms with E-state index in [1.54, 1.807) is 13.2 Å². The third kappa shape index (κ3) is 4.92. The molecule has 0 spiro atoms. The highest BCUT2D eigenvalue weighted by Crippen LogP contribution is 2.26. The number of hydrogen-bond acceptors (Lipinski definition) is 4. The first kappa shape index (κ1) is 16.7. The van der Waals surface area contributed by atoms with Gasteiger partial charge in [0.15, 0.2) is 18.1 Å². The van der Waals surface area contributed by atoms with Crippen LogP contribution in [0.4, 0.5) is 0 Å². The van der Waals surface area contributed by atoms with Gasteiger partial charge in [-0.1, -0.05) is 30.3 Å². The summed E-state index contributed by atoms with van der Waals surface area (Å²) in [6.07, 6.45) is 0. The summed E-state index contributed by atoms with van der Waals surface area (Å²) >= 11 is 0. The summed E-state index contributed by atoms with van der Waals surface area (Å²) in [5, 5.41) is 2.81. The molecule has 0 aliphatic rings. The zero-order chi connectivity index (χ0) is 16.5. The van der Waals surface area contributed by atoms with Crippen molar-refractivity contribution in [3.63, 3.8) is 0 Å². The van der Waals surface area contributed by atoms with Crippen LogP contribution in [0.3, 0.4) is 0 Å². The summed E-state index contributed by atoms with van der Waals surface area (Å²) in [7, 11) is 1.61. The van der Waals surface area contributed by atoms with E-state index >= 15 is 0 Å². The Morgan fingerprint density at radius 2 is 1.57 bits per heavy atom. The number of nitrogens with one attached hydrogen (secondary N) is 1. The maximum Gasteiger partial charge on any atom is 0.258 e. The molecule has 0 aromatic heterocycles. The van der Waals surface area contributed by atoms with Crippen LogP contribution >= 0.6 is 0 Å². The van der Waals surface area contributed by atoms with Gasteiger partial charge in [-0.2, -0.15) is 0 Å². The molecular formula is C18H21NO4. The molecule has 0 atom stereocenters. The highest BCUT2D eigenvalue weighted by atomic mass is 16.5. The number of carbonyl (C=O) groups excluding carboxylic acids is 1. The maximum absolute atomic E-state index is 11.9.